The average Bonchev–Trinajstić information content (AvgIpc) is 2.89. The molecule has 35 heavy (non-hydrogen) atoms. The van der Waals surface area contributed by atoms with E-state index in [2.05, 4.69) is 49.4 Å². The molecule has 1 aromatic heterocycles. The third kappa shape index (κ3) is 4.41. The predicted octanol–water partition coefficient (Wildman–Crippen LogP) is 6.62. The quantitative estimate of drug-likeness (QED) is 0.309. The number of fused-ring (bicyclic) bond motifs is 1. The summed E-state index contributed by atoms with van der Waals surface area (Å²) in [5, 5.41) is 1.12. The first-order valence-corrected chi connectivity index (χ1v) is 12.4. The van der Waals surface area contributed by atoms with Gasteiger partial charge in [-0.05, 0) is 67.1 Å². The molecule has 1 aliphatic carbocycles. The molecule has 0 unspecified atom stereocenters. The molecule has 3 aromatic carbocycles. The minimum atomic E-state index is -0.180. The molecule has 4 heteroatoms. The Morgan fingerprint density at radius 1 is 1.00 bits per heavy atom. The van der Waals surface area contributed by atoms with Crippen LogP contribution in [0.3, 0.4) is 0 Å². The van der Waals surface area contributed by atoms with Crippen LogP contribution in [0, 0.1) is 5.92 Å². The maximum absolute atomic E-state index is 13.4. The average molecular weight is 465 g/mol. The fourth-order valence-corrected chi connectivity index (χ4v) is 5.39. The van der Waals surface area contributed by atoms with Crippen molar-refractivity contribution in [3.63, 3.8) is 0 Å². The maximum atomic E-state index is 13.4. The van der Waals surface area contributed by atoms with Crippen LogP contribution in [-0.2, 0) is 12.0 Å². The van der Waals surface area contributed by atoms with Gasteiger partial charge in [-0.1, -0.05) is 61.5 Å². The highest BCUT2D eigenvalue weighted by Gasteiger charge is 2.46. The van der Waals surface area contributed by atoms with Crippen molar-refractivity contribution >= 4 is 16.8 Å². The van der Waals surface area contributed by atoms with E-state index >= 15 is 0 Å². The SMILES string of the molecule is CCN(C)C(=O)c1ccc(OCc2ccc3ccccc3n2)cc1C1(c2ccccc2)CC(C)C1. The summed E-state index contributed by atoms with van der Waals surface area (Å²) in [6, 6.07) is 28.7. The molecule has 0 aliphatic heterocycles. The van der Waals surface area contributed by atoms with E-state index < -0.39 is 0 Å². The fraction of sp³-hybridized carbons (Fsp3) is 0.290. The topological polar surface area (TPSA) is 42.4 Å². The van der Waals surface area contributed by atoms with Crippen LogP contribution in [0.1, 0.15) is 53.9 Å². The summed E-state index contributed by atoms with van der Waals surface area (Å²) >= 11 is 0. The van der Waals surface area contributed by atoms with Gasteiger partial charge < -0.3 is 9.64 Å². The molecule has 0 spiro atoms. The van der Waals surface area contributed by atoms with E-state index in [1.807, 2.05) is 56.4 Å². The molecule has 4 nitrogen and oxygen atoms in total. The number of aromatic nitrogens is 1. The summed E-state index contributed by atoms with van der Waals surface area (Å²) < 4.78 is 6.24. The van der Waals surface area contributed by atoms with Crippen molar-refractivity contribution in [2.45, 2.75) is 38.7 Å². The number of carbonyl (C=O) groups excluding carboxylic acids is 1. The lowest BCUT2D eigenvalue weighted by Crippen LogP contribution is -2.43. The molecule has 1 heterocycles. The monoisotopic (exact) mass is 464 g/mol. The van der Waals surface area contributed by atoms with Crippen molar-refractivity contribution in [3.05, 3.63) is 107 Å². The molecule has 4 aromatic rings. The number of hydrogen-bond acceptors (Lipinski definition) is 3. The van der Waals surface area contributed by atoms with Crippen LogP contribution in [0.5, 0.6) is 5.75 Å². The van der Waals surface area contributed by atoms with Crippen molar-refractivity contribution in [2.24, 2.45) is 5.92 Å². The Balaban J connectivity index is 1.51. The van der Waals surface area contributed by atoms with Gasteiger partial charge in [-0.25, -0.2) is 4.98 Å². The number of hydrogen-bond donors (Lipinski definition) is 0. The van der Waals surface area contributed by atoms with Crippen LogP contribution in [0.25, 0.3) is 10.9 Å². The smallest absolute Gasteiger partial charge is 0.253 e. The second kappa shape index (κ2) is 9.53. The predicted molar refractivity (Wildman–Crippen MR) is 141 cm³/mol. The molecular weight excluding hydrogens is 432 g/mol. The Morgan fingerprint density at radius 2 is 1.74 bits per heavy atom. The van der Waals surface area contributed by atoms with Gasteiger partial charge in [0, 0.05) is 30.0 Å². The van der Waals surface area contributed by atoms with Gasteiger partial charge in [-0.15, -0.1) is 0 Å². The zero-order valence-corrected chi connectivity index (χ0v) is 20.7. The first-order chi connectivity index (χ1) is 17.0. The molecule has 1 saturated carbocycles. The molecule has 0 atom stereocenters. The van der Waals surface area contributed by atoms with Gasteiger partial charge in [0.15, 0.2) is 0 Å². The third-order valence-electron chi connectivity index (χ3n) is 7.32. The van der Waals surface area contributed by atoms with Crippen LogP contribution >= 0.6 is 0 Å². The van der Waals surface area contributed by atoms with E-state index in [0.29, 0.717) is 19.1 Å². The molecule has 0 bridgehead atoms. The van der Waals surface area contributed by atoms with Crippen LogP contribution in [-0.4, -0.2) is 29.4 Å². The highest BCUT2D eigenvalue weighted by atomic mass is 16.5. The zero-order chi connectivity index (χ0) is 24.4. The summed E-state index contributed by atoms with van der Waals surface area (Å²) in [5.74, 6) is 1.43. The van der Waals surface area contributed by atoms with Crippen molar-refractivity contribution < 1.29 is 9.53 Å². The second-order valence-corrected chi connectivity index (χ2v) is 9.77. The van der Waals surface area contributed by atoms with Crippen molar-refractivity contribution in [1.29, 1.82) is 0 Å². The normalized spacial score (nSPS) is 19.2. The van der Waals surface area contributed by atoms with E-state index in [4.69, 9.17) is 9.72 Å². The van der Waals surface area contributed by atoms with Gasteiger partial charge in [0.2, 0.25) is 0 Å². The summed E-state index contributed by atoms with van der Waals surface area (Å²) in [6.07, 6.45) is 2.03. The number of carbonyl (C=O) groups is 1. The second-order valence-electron chi connectivity index (χ2n) is 9.77. The van der Waals surface area contributed by atoms with E-state index in [1.165, 1.54) is 5.56 Å². The van der Waals surface area contributed by atoms with Gasteiger partial charge in [-0.3, -0.25) is 4.79 Å². The molecule has 1 fully saturated rings. The number of nitrogens with zero attached hydrogens (tertiary/aromatic N) is 2. The van der Waals surface area contributed by atoms with Crippen LogP contribution < -0.4 is 4.74 Å². The summed E-state index contributed by atoms with van der Waals surface area (Å²) in [7, 11) is 1.86. The summed E-state index contributed by atoms with van der Waals surface area (Å²) in [6.45, 7) is 5.33. The van der Waals surface area contributed by atoms with E-state index in [0.717, 1.165) is 46.3 Å². The first-order valence-electron chi connectivity index (χ1n) is 12.4. The largest absolute Gasteiger partial charge is 0.487 e. The van der Waals surface area contributed by atoms with Crippen LogP contribution in [0.15, 0.2) is 84.9 Å². The lowest BCUT2D eigenvalue weighted by molar-refractivity contribution is 0.0796. The van der Waals surface area contributed by atoms with Crippen molar-refractivity contribution in [1.82, 2.24) is 9.88 Å². The molecule has 1 aliphatic rings. The number of ether oxygens (including phenoxy) is 1. The molecule has 1 amide bonds. The number of pyridine rings is 1. The lowest BCUT2D eigenvalue weighted by atomic mass is 9.55. The Labute approximate surface area is 207 Å². The van der Waals surface area contributed by atoms with Gasteiger partial charge in [-0.2, -0.15) is 0 Å². The highest BCUT2D eigenvalue weighted by Crippen LogP contribution is 2.53. The molecule has 0 N–H and O–H groups in total. The van der Waals surface area contributed by atoms with E-state index in [9.17, 15) is 4.79 Å². The zero-order valence-electron chi connectivity index (χ0n) is 20.7. The molecular formula is C31H32N2O2. The minimum Gasteiger partial charge on any atom is -0.487 e. The van der Waals surface area contributed by atoms with Gasteiger partial charge in [0.25, 0.3) is 5.91 Å². The minimum absolute atomic E-state index is 0.0557. The number of rotatable bonds is 7. The maximum Gasteiger partial charge on any atom is 0.253 e. The standard InChI is InChI=1S/C31H32N2O2/c1-4-33(3)30(34)27-17-16-26(35-21-25-15-14-23-10-8-9-13-29(23)32-25)18-28(27)31(19-22(2)20-31)24-11-6-5-7-12-24/h5-18,22H,4,19-21H2,1-3H3. The summed E-state index contributed by atoms with van der Waals surface area (Å²) in [5.41, 5.74) is 4.76. The third-order valence-corrected chi connectivity index (χ3v) is 7.32. The Hall–Kier alpha value is -3.66. The van der Waals surface area contributed by atoms with Gasteiger partial charge in [0.05, 0.1) is 11.2 Å². The number of para-hydroxylation sites is 1. The fourth-order valence-electron chi connectivity index (χ4n) is 5.39. The van der Waals surface area contributed by atoms with Crippen LogP contribution in [0.2, 0.25) is 0 Å². The Bertz CT molecular complexity index is 1340. The summed E-state index contributed by atoms with van der Waals surface area (Å²) in [4.78, 5) is 19.9. The van der Waals surface area contributed by atoms with Gasteiger partial charge in [0.1, 0.15) is 12.4 Å². The Kier molecular flexibility index (Phi) is 6.29. The Morgan fingerprint density at radius 3 is 2.49 bits per heavy atom. The first kappa shape index (κ1) is 23.1. The number of benzene rings is 3. The van der Waals surface area contributed by atoms with Crippen molar-refractivity contribution in [2.75, 3.05) is 13.6 Å². The van der Waals surface area contributed by atoms with Crippen LogP contribution in [0.4, 0.5) is 0 Å². The van der Waals surface area contributed by atoms with Gasteiger partial charge >= 0.3 is 0 Å². The molecule has 0 radical (unpaired) electrons. The molecule has 178 valence electrons. The molecule has 0 saturated heterocycles. The van der Waals surface area contributed by atoms with Crippen molar-refractivity contribution in [3.8, 4) is 5.75 Å². The lowest BCUT2D eigenvalue weighted by Gasteiger charge is -2.48. The molecule has 5 rings (SSSR count). The van der Waals surface area contributed by atoms with E-state index in [1.54, 1.807) is 4.90 Å². The van der Waals surface area contributed by atoms with E-state index in [-0.39, 0.29) is 11.3 Å². The number of amides is 1. The highest BCUT2D eigenvalue weighted by molar-refractivity contribution is 5.96.